The highest BCUT2D eigenvalue weighted by atomic mass is 35.5. The van der Waals surface area contributed by atoms with E-state index in [4.69, 9.17) is 23.2 Å². The fourth-order valence-corrected chi connectivity index (χ4v) is 3.52. The molecule has 1 N–H and O–H groups in total. The number of carbonyl (C=O) groups excluding carboxylic acids is 1. The van der Waals surface area contributed by atoms with Gasteiger partial charge in [-0.25, -0.2) is 4.98 Å². The van der Waals surface area contributed by atoms with Crippen molar-refractivity contribution in [3.05, 3.63) is 44.4 Å². The van der Waals surface area contributed by atoms with E-state index in [1.807, 2.05) is 0 Å². The van der Waals surface area contributed by atoms with Crippen molar-refractivity contribution in [1.82, 2.24) is 4.98 Å². The molecule has 1 aromatic carbocycles. The quantitative estimate of drug-likeness (QED) is 0.903. The molecule has 3 rings (SSSR count). The fourth-order valence-electron chi connectivity index (χ4n) is 2.09. The Morgan fingerprint density at radius 1 is 1.32 bits per heavy atom. The molecule has 0 bridgehead atoms. The van der Waals surface area contributed by atoms with Crippen molar-refractivity contribution in [1.29, 1.82) is 0 Å². The van der Waals surface area contributed by atoms with Crippen LogP contribution < -0.4 is 5.32 Å². The van der Waals surface area contributed by atoms with E-state index in [-0.39, 0.29) is 10.9 Å². The first kappa shape index (κ1) is 12.9. The van der Waals surface area contributed by atoms with Gasteiger partial charge in [-0.2, -0.15) is 0 Å². The van der Waals surface area contributed by atoms with Gasteiger partial charge in [0.1, 0.15) is 0 Å². The molecule has 0 saturated carbocycles. The largest absolute Gasteiger partial charge is 0.298 e. The number of hydrogen-bond donors (Lipinski definition) is 1. The summed E-state index contributed by atoms with van der Waals surface area (Å²) in [6.07, 6.45) is 3.21. The molecule has 0 unspecified atom stereocenters. The van der Waals surface area contributed by atoms with Gasteiger partial charge in [0.25, 0.3) is 5.91 Å². The van der Waals surface area contributed by atoms with E-state index in [9.17, 15) is 4.79 Å². The van der Waals surface area contributed by atoms with Crippen molar-refractivity contribution >= 4 is 45.6 Å². The van der Waals surface area contributed by atoms with Crippen molar-refractivity contribution in [2.45, 2.75) is 19.3 Å². The van der Waals surface area contributed by atoms with E-state index < -0.39 is 0 Å². The molecule has 1 aromatic heterocycles. The second kappa shape index (κ2) is 5.12. The normalized spacial score (nSPS) is 13.4. The highest BCUT2D eigenvalue weighted by molar-refractivity contribution is 7.16. The number of fused-ring (bicyclic) bond motifs is 1. The summed E-state index contributed by atoms with van der Waals surface area (Å²) in [5.74, 6) is -0.278. The number of halogens is 2. The lowest BCUT2D eigenvalue weighted by molar-refractivity contribution is 0.102. The molecule has 0 atom stereocenters. The molecule has 1 aliphatic carbocycles. The van der Waals surface area contributed by atoms with Crippen LogP contribution in [0.25, 0.3) is 0 Å². The maximum atomic E-state index is 12.1. The Bertz CT molecular complexity index is 633. The molecule has 98 valence electrons. The van der Waals surface area contributed by atoms with Crippen molar-refractivity contribution in [3.8, 4) is 0 Å². The van der Waals surface area contributed by atoms with Gasteiger partial charge >= 0.3 is 0 Å². The van der Waals surface area contributed by atoms with Crippen LogP contribution in [0.5, 0.6) is 0 Å². The topological polar surface area (TPSA) is 42.0 Å². The number of nitrogens with one attached hydrogen (secondary N) is 1. The third-order valence-electron chi connectivity index (χ3n) is 3.01. The minimum atomic E-state index is -0.278. The zero-order chi connectivity index (χ0) is 13.4. The average Bonchev–Trinajstić information content (AvgIpc) is 2.93. The smallest absolute Gasteiger partial charge is 0.259 e. The van der Waals surface area contributed by atoms with Crippen molar-refractivity contribution in [2.24, 2.45) is 0 Å². The van der Waals surface area contributed by atoms with Gasteiger partial charge in [0.2, 0.25) is 0 Å². The van der Waals surface area contributed by atoms with Gasteiger partial charge in [-0.3, -0.25) is 10.1 Å². The van der Waals surface area contributed by atoms with Crippen LogP contribution in [0.4, 0.5) is 5.13 Å². The van der Waals surface area contributed by atoms with E-state index in [1.54, 1.807) is 18.2 Å². The van der Waals surface area contributed by atoms with Gasteiger partial charge in [0.15, 0.2) is 5.13 Å². The summed E-state index contributed by atoms with van der Waals surface area (Å²) in [5, 5.41) is 4.05. The number of aryl methyl sites for hydroxylation is 2. The Labute approximate surface area is 124 Å². The predicted molar refractivity (Wildman–Crippen MR) is 78.6 cm³/mol. The lowest BCUT2D eigenvalue weighted by Gasteiger charge is -2.05. The Morgan fingerprint density at radius 2 is 2.16 bits per heavy atom. The first-order valence-electron chi connectivity index (χ1n) is 5.89. The molecule has 0 radical (unpaired) electrons. The molecule has 19 heavy (non-hydrogen) atoms. The fraction of sp³-hybridized carbons (Fsp3) is 0.231. The predicted octanol–water partition coefficient (Wildman–Crippen LogP) is 4.19. The van der Waals surface area contributed by atoms with Gasteiger partial charge in [-0.1, -0.05) is 29.3 Å². The Kier molecular flexibility index (Phi) is 3.48. The van der Waals surface area contributed by atoms with Gasteiger partial charge in [-0.05, 0) is 31.4 Å². The lowest BCUT2D eigenvalue weighted by Crippen LogP contribution is -2.12. The van der Waals surface area contributed by atoms with Crippen molar-refractivity contribution in [3.63, 3.8) is 0 Å². The number of benzene rings is 1. The minimum absolute atomic E-state index is 0.269. The van der Waals surface area contributed by atoms with E-state index >= 15 is 0 Å². The highest BCUT2D eigenvalue weighted by Gasteiger charge is 2.19. The number of anilines is 1. The van der Waals surface area contributed by atoms with Gasteiger partial charge in [0, 0.05) is 4.88 Å². The molecule has 0 aliphatic heterocycles. The van der Waals surface area contributed by atoms with Crippen LogP contribution in [-0.4, -0.2) is 10.9 Å². The molecule has 2 aromatic rings. The average molecular weight is 313 g/mol. The summed E-state index contributed by atoms with van der Waals surface area (Å²) in [6, 6.07) is 4.99. The molecule has 0 saturated heterocycles. The SMILES string of the molecule is O=C(Nc1nc2c(s1)CCC2)c1cccc(Cl)c1Cl. The zero-order valence-electron chi connectivity index (χ0n) is 9.87. The van der Waals surface area contributed by atoms with Crippen LogP contribution in [0, 0.1) is 0 Å². The summed E-state index contributed by atoms with van der Waals surface area (Å²) >= 11 is 13.5. The van der Waals surface area contributed by atoms with Gasteiger partial charge in [0.05, 0.1) is 21.3 Å². The molecule has 3 nitrogen and oxygen atoms in total. The molecule has 0 fully saturated rings. The number of amides is 1. The number of carbonyl (C=O) groups is 1. The van der Waals surface area contributed by atoms with Crippen LogP contribution in [0.1, 0.15) is 27.3 Å². The molecular formula is C13H10Cl2N2OS. The summed E-state index contributed by atoms with van der Waals surface area (Å²) in [6.45, 7) is 0. The minimum Gasteiger partial charge on any atom is -0.298 e. The van der Waals surface area contributed by atoms with Crippen LogP contribution in [0.3, 0.4) is 0 Å². The second-order valence-corrected chi connectivity index (χ2v) is 6.17. The second-order valence-electron chi connectivity index (χ2n) is 4.30. The first-order valence-corrected chi connectivity index (χ1v) is 7.46. The van der Waals surface area contributed by atoms with Crippen molar-refractivity contribution in [2.75, 3.05) is 5.32 Å². The Balaban J connectivity index is 1.82. The van der Waals surface area contributed by atoms with Crippen molar-refractivity contribution < 1.29 is 4.79 Å². The number of thiazole rings is 1. The lowest BCUT2D eigenvalue weighted by atomic mass is 10.2. The number of aromatic nitrogens is 1. The van der Waals surface area contributed by atoms with Gasteiger partial charge in [-0.15, -0.1) is 11.3 Å². The summed E-state index contributed by atoms with van der Waals surface area (Å²) in [7, 11) is 0. The van der Waals surface area contributed by atoms with Crippen LogP contribution >= 0.6 is 34.5 Å². The summed E-state index contributed by atoms with van der Waals surface area (Å²) in [5.41, 5.74) is 1.47. The number of rotatable bonds is 2. The monoisotopic (exact) mass is 312 g/mol. The highest BCUT2D eigenvalue weighted by Crippen LogP contribution is 2.31. The molecule has 1 amide bonds. The van der Waals surface area contributed by atoms with Gasteiger partial charge < -0.3 is 0 Å². The standard InChI is InChI=1S/C13H10Cl2N2OS/c14-8-4-1-3-7(11(8)15)12(18)17-13-16-9-5-2-6-10(9)19-13/h1,3-4H,2,5-6H2,(H,16,17,18). The maximum absolute atomic E-state index is 12.1. The van der Waals surface area contributed by atoms with Crippen LogP contribution in [-0.2, 0) is 12.8 Å². The zero-order valence-corrected chi connectivity index (χ0v) is 12.2. The summed E-state index contributed by atoms with van der Waals surface area (Å²) in [4.78, 5) is 17.8. The molecule has 0 spiro atoms. The molecular weight excluding hydrogens is 303 g/mol. The van der Waals surface area contributed by atoms with E-state index in [2.05, 4.69) is 10.3 Å². The first-order chi connectivity index (χ1) is 9.15. The van der Waals surface area contributed by atoms with E-state index in [0.29, 0.717) is 15.7 Å². The molecule has 1 heterocycles. The van der Waals surface area contributed by atoms with Crippen LogP contribution in [0.2, 0.25) is 10.0 Å². The Morgan fingerprint density at radius 3 is 2.95 bits per heavy atom. The van der Waals surface area contributed by atoms with E-state index in [1.165, 1.54) is 16.2 Å². The molecule has 6 heteroatoms. The van der Waals surface area contributed by atoms with Crippen LogP contribution in [0.15, 0.2) is 18.2 Å². The molecule has 1 aliphatic rings. The Hall–Kier alpha value is -1.10. The number of nitrogens with zero attached hydrogens (tertiary/aromatic N) is 1. The van der Waals surface area contributed by atoms with E-state index in [0.717, 1.165) is 25.0 Å². The maximum Gasteiger partial charge on any atom is 0.259 e. The summed E-state index contributed by atoms with van der Waals surface area (Å²) < 4.78 is 0. The number of hydrogen-bond acceptors (Lipinski definition) is 3. The third kappa shape index (κ3) is 2.48. The third-order valence-corrected chi connectivity index (χ3v) is 4.90.